The molecule has 2 rings (SSSR count). The largest absolute Gasteiger partial charge is 0.374 e. The van der Waals surface area contributed by atoms with Gasteiger partial charge in [0.2, 0.25) is 0 Å². The predicted molar refractivity (Wildman–Crippen MR) is 74.9 cm³/mol. The number of aryl methyl sites for hydroxylation is 2. The first kappa shape index (κ1) is 13.5. The lowest BCUT2D eigenvalue weighted by Crippen LogP contribution is -2.44. The van der Waals surface area contributed by atoms with Gasteiger partial charge in [0, 0.05) is 26.2 Å². The Morgan fingerprint density at radius 3 is 2.83 bits per heavy atom. The standard InChI is InChI=1S/C15H24N2O/c1-12-4-5-14(8-13(12)2)10-17(3)11-15-9-16-6-7-18-15/h4-5,8,15-16H,6-7,9-11H2,1-3H3. The highest BCUT2D eigenvalue weighted by atomic mass is 16.5. The summed E-state index contributed by atoms with van der Waals surface area (Å²) >= 11 is 0. The van der Waals surface area contributed by atoms with Gasteiger partial charge in [-0.05, 0) is 37.6 Å². The van der Waals surface area contributed by atoms with E-state index in [-0.39, 0.29) is 0 Å². The van der Waals surface area contributed by atoms with Crippen molar-refractivity contribution in [2.75, 3.05) is 33.3 Å². The van der Waals surface area contributed by atoms with Crippen molar-refractivity contribution >= 4 is 0 Å². The lowest BCUT2D eigenvalue weighted by atomic mass is 10.1. The van der Waals surface area contributed by atoms with E-state index in [1.807, 2.05) is 0 Å². The summed E-state index contributed by atoms with van der Waals surface area (Å²) in [7, 11) is 2.16. The number of morpholine rings is 1. The lowest BCUT2D eigenvalue weighted by Gasteiger charge is -2.28. The summed E-state index contributed by atoms with van der Waals surface area (Å²) < 4.78 is 5.72. The molecular weight excluding hydrogens is 224 g/mol. The zero-order chi connectivity index (χ0) is 13.0. The minimum Gasteiger partial charge on any atom is -0.374 e. The Kier molecular flexibility index (Phi) is 4.75. The molecule has 100 valence electrons. The number of nitrogens with zero attached hydrogens (tertiary/aromatic N) is 1. The maximum Gasteiger partial charge on any atom is 0.0826 e. The van der Waals surface area contributed by atoms with Crippen LogP contribution in [0, 0.1) is 13.8 Å². The first-order chi connectivity index (χ1) is 8.65. The second kappa shape index (κ2) is 6.32. The molecule has 3 nitrogen and oxygen atoms in total. The minimum absolute atomic E-state index is 0.329. The number of nitrogens with one attached hydrogen (secondary N) is 1. The van der Waals surface area contributed by atoms with E-state index < -0.39 is 0 Å². The zero-order valence-corrected chi connectivity index (χ0v) is 11.7. The first-order valence-corrected chi connectivity index (χ1v) is 6.72. The summed E-state index contributed by atoms with van der Waals surface area (Å²) in [4.78, 5) is 2.34. The molecule has 1 aliphatic heterocycles. The van der Waals surface area contributed by atoms with Crippen LogP contribution in [0.3, 0.4) is 0 Å². The number of hydrogen-bond donors (Lipinski definition) is 1. The smallest absolute Gasteiger partial charge is 0.0826 e. The van der Waals surface area contributed by atoms with Crippen molar-refractivity contribution in [2.24, 2.45) is 0 Å². The van der Waals surface area contributed by atoms with Gasteiger partial charge in [-0.25, -0.2) is 0 Å². The van der Waals surface area contributed by atoms with Crippen molar-refractivity contribution in [3.8, 4) is 0 Å². The maximum atomic E-state index is 5.72. The summed E-state index contributed by atoms with van der Waals surface area (Å²) in [5, 5.41) is 3.37. The molecule has 0 spiro atoms. The van der Waals surface area contributed by atoms with Crippen molar-refractivity contribution in [3.05, 3.63) is 34.9 Å². The molecule has 0 amide bonds. The van der Waals surface area contributed by atoms with Crippen LogP contribution in [0.25, 0.3) is 0 Å². The van der Waals surface area contributed by atoms with E-state index in [1.54, 1.807) is 0 Å². The number of ether oxygens (including phenoxy) is 1. The third-order valence-electron chi connectivity index (χ3n) is 3.54. The highest BCUT2D eigenvalue weighted by Crippen LogP contribution is 2.12. The molecule has 1 unspecified atom stereocenters. The fourth-order valence-electron chi connectivity index (χ4n) is 2.36. The molecule has 18 heavy (non-hydrogen) atoms. The molecule has 1 atom stereocenters. The van der Waals surface area contributed by atoms with Crippen LogP contribution >= 0.6 is 0 Å². The molecular formula is C15H24N2O. The van der Waals surface area contributed by atoms with Gasteiger partial charge in [-0.15, -0.1) is 0 Å². The minimum atomic E-state index is 0.329. The molecule has 0 bridgehead atoms. The van der Waals surface area contributed by atoms with Gasteiger partial charge < -0.3 is 10.1 Å². The molecule has 0 aromatic heterocycles. The van der Waals surface area contributed by atoms with E-state index in [4.69, 9.17) is 4.74 Å². The van der Waals surface area contributed by atoms with Gasteiger partial charge in [-0.1, -0.05) is 18.2 Å². The Hall–Kier alpha value is -0.900. The molecule has 1 saturated heterocycles. The monoisotopic (exact) mass is 248 g/mol. The molecule has 1 aromatic carbocycles. The molecule has 1 aromatic rings. The average Bonchev–Trinajstić information content (AvgIpc) is 2.35. The van der Waals surface area contributed by atoms with Gasteiger partial charge in [0.25, 0.3) is 0 Å². The van der Waals surface area contributed by atoms with Crippen LogP contribution in [0.4, 0.5) is 0 Å². The van der Waals surface area contributed by atoms with Crippen LogP contribution in [0.5, 0.6) is 0 Å². The highest BCUT2D eigenvalue weighted by molar-refractivity contribution is 5.29. The van der Waals surface area contributed by atoms with Crippen LogP contribution in [0.2, 0.25) is 0 Å². The van der Waals surface area contributed by atoms with Crippen LogP contribution in [-0.2, 0) is 11.3 Å². The van der Waals surface area contributed by atoms with Crippen molar-refractivity contribution in [2.45, 2.75) is 26.5 Å². The molecule has 1 heterocycles. The molecule has 1 fully saturated rings. The van der Waals surface area contributed by atoms with E-state index in [0.717, 1.165) is 32.8 Å². The molecule has 1 N–H and O–H groups in total. The van der Waals surface area contributed by atoms with E-state index in [0.29, 0.717) is 6.10 Å². The highest BCUT2D eigenvalue weighted by Gasteiger charge is 2.15. The predicted octanol–water partition coefficient (Wildman–Crippen LogP) is 1.72. The Morgan fingerprint density at radius 1 is 1.33 bits per heavy atom. The number of benzene rings is 1. The number of hydrogen-bond acceptors (Lipinski definition) is 3. The number of rotatable bonds is 4. The Labute approximate surface area is 110 Å². The zero-order valence-electron chi connectivity index (χ0n) is 11.7. The molecule has 0 saturated carbocycles. The fourth-order valence-corrected chi connectivity index (χ4v) is 2.36. The van der Waals surface area contributed by atoms with Crippen molar-refractivity contribution in [3.63, 3.8) is 0 Å². The van der Waals surface area contributed by atoms with Crippen LogP contribution in [0.1, 0.15) is 16.7 Å². The topological polar surface area (TPSA) is 24.5 Å². The normalized spacial score (nSPS) is 20.3. The molecule has 0 aliphatic carbocycles. The SMILES string of the molecule is Cc1ccc(CN(C)CC2CNCCO2)cc1C. The third kappa shape index (κ3) is 3.80. The first-order valence-electron chi connectivity index (χ1n) is 6.72. The van der Waals surface area contributed by atoms with Crippen LogP contribution in [0.15, 0.2) is 18.2 Å². The lowest BCUT2D eigenvalue weighted by molar-refractivity contribution is 0.00884. The van der Waals surface area contributed by atoms with Gasteiger partial charge in [-0.2, -0.15) is 0 Å². The van der Waals surface area contributed by atoms with Gasteiger partial charge in [-0.3, -0.25) is 4.90 Å². The Morgan fingerprint density at radius 2 is 2.17 bits per heavy atom. The summed E-state index contributed by atoms with van der Waals surface area (Å²) in [5.74, 6) is 0. The third-order valence-corrected chi connectivity index (χ3v) is 3.54. The fraction of sp³-hybridized carbons (Fsp3) is 0.600. The summed E-state index contributed by atoms with van der Waals surface area (Å²) in [6.45, 7) is 9.09. The van der Waals surface area contributed by atoms with E-state index in [9.17, 15) is 0 Å². The van der Waals surface area contributed by atoms with Gasteiger partial charge in [0.05, 0.1) is 12.7 Å². The second-order valence-electron chi connectivity index (χ2n) is 5.31. The van der Waals surface area contributed by atoms with Crippen LogP contribution in [-0.4, -0.2) is 44.3 Å². The quantitative estimate of drug-likeness (QED) is 0.878. The van der Waals surface area contributed by atoms with Crippen molar-refractivity contribution < 1.29 is 4.74 Å². The summed E-state index contributed by atoms with van der Waals surface area (Å²) in [6.07, 6.45) is 0.329. The van der Waals surface area contributed by atoms with E-state index >= 15 is 0 Å². The van der Waals surface area contributed by atoms with E-state index in [2.05, 4.69) is 49.3 Å². The second-order valence-corrected chi connectivity index (χ2v) is 5.31. The maximum absolute atomic E-state index is 5.72. The number of likely N-dealkylation sites (N-methyl/N-ethyl adjacent to an activating group) is 1. The Bertz CT molecular complexity index is 386. The average molecular weight is 248 g/mol. The van der Waals surface area contributed by atoms with Crippen molar-refractivity contribution in [1.82, 2.24) is 10.2 Å². The Balaban J connectivity index is 1.85. The molecule has 3 heteroatoms. The molecule has 0 radical (unpaired) electrons. The van der Waals surface area contributed by atoms with E-state index in [1.165, 1.54) is 16.7 Å². The summed E-state index contributed by atoms with van der Waals surface area (Å²) in [5.41, 5.74) is 4.11. The van der Waals surface area contributed by atoms with Gasteiger partial charge in [0.15, 0.2) is 0 Å². The van der Waals surface area contributed by atoms with Gasteiger partial charge in [0.1, 0.15) is 0 Å². The van der Waals surface area contributed by atoms with Gasteiger partial charge >= 0.3 is 0 Å². The van der Waals surface area contributed by atoms with Crippen molar-refractivity contribution in [1.29, 1.82) is 0 Å². The molecule has 1 aliphatic rings. The van der Waals surface area contributed by atoms with Crippen LogP contribution < -0.4 is 5.32 Å². The summed E-state index contributed by atoms with van der Waals surface area (Å²) in [6, 6.07) is 6.71.